The van der Waals surface area contributed by atoms with Gasteiger partial charge in [-0.2, -0.15) is 0 Å². The molecule has 0 saturated carbocycles. The van der Waals surface area contributed by atoms with Gasteiger partial charge in [0, 0.05) is 11.4 Å². The highest BCUT2D eigenvalue weighted by atomic mass is 16.2. The number of benzene rings is 1. The van der Waals surface area contributed by atoms with E-state index in [1.54, 1.807) is 31.2 Å². The Balaban J connectivity index is 2.01. The molecule has 0 spiro atoms. The number of nitrogens with zero attached hydrogens (tertiary/aromatic N) is 1. The highest BCUT2D eigenvalue weighted by Crippen LogP contribution is 2.13. The predicted octanol–water partition coefficient (Wildman–Crippen LogP) is -0.446. The topological polar surface area (TPSA) is 105 Å². The van der Waals surface area contributed by atoms with Crippen LogP contribution >= 0.6 is 0 Å². The smallest absolute Gasteiger partial charge is 0.241 e. The molecule has 0 aliphatic carbocycles. The second kappa shape index (κ2) is 5.70. The van der Waals surface area contributed by atoms with E-state index >= 15 is 0 Å². The van der Waals surface area contributed by atoms with Crippen molar-refractivity contribution in [3.05, 3.63) is 24.3 Å². The van der Waals surface area contributed by atoms with E-state index in [-0.39, 0.29) is 19.0 Å². The highest BCUT2D eigenvalue weighted by Gasteiger charge is 2.29. The molecular formula is C13H16N4O3. The van der Waals surface area contributed by atoms with Crippen molar-refractivity contribution < 1.29 is 14.4 Å². The summed E-state index contributed by atoms with van der Waals surface area (Å²) < 4.78 is 0. The van der Waals surface area contributed by atoms with E-state index in [1.165, 1.54) is 4.90 Å². The van der Waals surface area contributed by atoms with Gasteiger partial charge in [0.2, 0.25) is 17.7 Å². The Labute approximate surface area is 116 Å². The number of imide groups is 1. The van der Waals surface area contributed by atoms with Gasteiger partial charge < -0.3 is 11.1 Å². The van der Waals surface area contributed by atoms with E-state index in [4.69, 9.17) is 5.73 Å². The summed E-state index contributed by atoms with van der Waals surface area (Å²) in [7, 11) is 0. The van der Waals surface area contributed by atoms with E-state index in [2.05, 4.69) is 10.6 Å². The maximum absolute atomic E-state index is 12.1. The number of hydrogen-bond acceptors (Lipinski definition) is 5. The zero-order chi connectivity index (χ0) is 14.7. The van der Waals surface area contributed by atoms with Crippen LogP contribution in [-0.2, 0) is 14.4 Å². The van der Waals surface area contributed by atoms with Gasteiger partial charge in [-0.05, 0) is 25.1 Å². The second-order valence-corrected chi connectivity index (χ2v) is 4.67. The lowest BCUT2D eigenvalue weighted by molar-refractivity contribution is -0.138. The monoisotopic (exact) mass is 276 g/mol. The van der Waals surface area contributed by atoms with E-state index in [0.29, 0.717) is 11.4 Å². The molecule has 1 aliphatic rings. The van der Waals surface area contributed by atoms with E-state index in [0.717, 1.165) is 0 Å². The fraction of sp³-hybridized carbons (Fsp3) is 0.308. The first-order valence-corrected chi connectivity index (χ1v) is 6.19. The molecule has 1 unspecified atom stereocenters. The lowest BCUT2D eigenvalue weighted by Gasteiger charge is -2.29. The van der Waals surface area contributed by atoms with Crippen LogP contribution < -0.4 is 16.4 Å². The van der Waals surface area contributed by atoms with Crippen LogP contribution in [0.5, 0.6) is 0 Å². The predicted molar refractivity (Wildman–Crippen MR) is 73.7 cm³/mol. The summed E-state index contributed by atoms with van der Waals surface area (Å²) in [5.74, 6) is -1.09. The minimum atomic E-state index is -0.591. The van der Waals surface area contributed by atoms with Crippen LogP contribution in [0.1, 0.15) is 6.92 Å². The van der Waals surface area contributed by atoms with Crippen LogP contribution in [0.25, 0.3) is 0 Å². The first-order valence-electron chi connectivity index (χ1n) is 6.19. The largest absolute Gasteiger partial charge is 0.399 e. The summed E-state index contributed by atoms with van der Waals surface area (Å²) in [5, 5.41) is 4.90. The Hall–Kier alpha value is -2.41. The van der Waals surface area contributed by atoms with Crippen molar-refractivity contribution in [1.82, 2.24) is 10.2 Å². The van der Waals surface area contributed by atoms with Gasteiger partial charge in [-0.1, -0.05) is 6.07 Å². The number of hydrogen-bond donors (Lipinski definition) is 3. The molecule has 1 atom stereocenters. The van der Waals surface area contributed by atoms with Gasteiger partial charge in [0.05, 0.1) is 19.1 Å². The van der Waals surface area contributed by atoms with Crippen molar-refractivity contribution in [2.24, 2.45) is 0 Å². The lowest BCUT2D eigenvalue weighted by Crippen LogP contribution is -2.56. The Bertz CT molecular complexity index is 542. The Kier molecular flexibility index (Phi) is 3.99. The molecule has 0 radical (unpaired) electrons. The normalized spacial score (nSPS) is 17.4. The average molecular weight is 276 g/mol. The number of nitrogens with one attached hydrogen (secondary N) is 2. The van der Waals surface area contributed by atoms with E-state index in [9.17, 15) is 14.4 Å². The van der Waals surface area contributed by atoms with Gasteiger partial charge in [0.1, 0.15) is 0 Å². The van der Waals surface area contributed by atoms with Gasteiger partial charge in [-0.3, -0.25) is 24.6 Å². The molecule has 1 saturated heterocycles. The van der Waals surface area contributed by atoms with Crippen LogP contribution in [0.4, 0.5) is 11.4 Å². The molecule has 1 aromatic rings. The van der Waals surface area contributed by atoms with Crippen LogP contribution in [0.3, 0.4) is 0 Å². The number of rotatable bonds is 3. The number of nitrogen functional groups attached to an aromatic ring is 1. The van der Waals surface area contributed by atoms with Gasteiger partial charge >= 0.3 is 0 Å². The molecule has 1 heterocycles. The molecule has 4 N–H and O–H groups in total. The third kappa shape index (κ3) is 3.33. The molecule has 7 heteroatoms. The third-order valence-corrected chi connectivity index (χ3v) is 3.05. The molecule has 20 heavy (non-hydrogen) atoms. The van der Waals surface area contributed by atoms with Gasteiger partial charge in [-0.15, -0.1) is 0 Å². The number of amides is 3. The summed E-state index contributed by atoms with van der Waals surface area (Å²) in [6.07, 6.45) is 0. The van der Waals surface area contributed by atoms with Crippen molar-refractivity contribution in [1.29, 1.82) is 0 Å². The SMILES string of the molecule is CC(C(=O)Nc1cccc(N)c1)N1CC(=O)NC(=O)C1. The Morgan fingerprint density at radius 2 is 2.00 bits per heavy atom. The molecule has 3 amide bonds. The first kappa shape index (κ1) is 14.0. The second-order valence-electron chi connectivity index (χ2n) is 4.67. The quantitative estimate of drug-likeness (QED) is 0.512. The number of anilines is 2. The minimum absolute atomic E-state index is 0.0251. The number of nitrogens with two attached hydrogens (primary N) is 1. The standard InChI is InChI=1S/C13H16N4O3/c1-8(17-6-11(18)16-12(19)7-17)13(20)15-10-4-2-3-9(14)5-10/h2-5,8H,6-7,14H2,1H3,(H,15,20)(H,16,18,19). The molecular weight excluding hydrogens is 260 g/mol. The fourth-order valence-electron chi connectivity index (χ4n) is 1.96. The van der Waals surface area contributed by atoms with Crippen LogP contribution in [0, 0.1) is 0 Å². The van der Waals surface area contributed by atoms with Gasteiger partial charge in [0.25, 0.3) is 0 Å². The summed E-state index contributed by atoms with van der Waals surface area (Å²) >= 11 is 0. The number of piperazine rings is 1. The summed E-state index contributed by atoms with van der Waals surface area (Å²) in [6, 6.07) is 6.21. The molecule has 1 fully saturated rings. The van der Waals surface area contributed by atoms with E-state index in [1.807, 2.05) is 0 Å². The number of carbonyl (C=O) groups is 3. The maximum Gasteiger partial charge on any atom is 0.241 e. The van der Waals surface area contributed by atoms with Gasteiger partial charge in [0.15, 0.2) is 0 Å². The van der Waals surface area contributed by atoms with Crippen LogP contribution in [0.2, 0.25) is 0 Å². The zero-order valence-electron chi connectivity index (χ0n) is 11.1. The van der Waals surface area contributed by atoms with Crippen molar-refractivity contribution in [3.8, 4) is 0 Å². The third-order valence-electron chi connectivity index (χ3n) is 3.05. The van der Waals surface area contributed by atoms with Crippen molar-refractivity contribution in [3.63, 3.8) is 0 Å². The molecule has 106 valence electrons. The molecule has 1 aromatic carbocycles. The molecule has 0 bridgehead atoms. The summed E-state index contributed by atoms with van der Waals surface area (Å²) in [4.78, 5) is 36.2. The molecule has 0 aromatic heterocycles. The fourth-order valence-corrected chi connectivity index (χ4v) is 1.96. The maximum atomic E-state index is 12.1. The van der Waals surface area contributed by atoms with E-state index < -0.39 is 17.9 Å². The average Bonchev–Trinajstić information content (AvgIpc) is 2.36. The molecule has 2 rings (SSSR count). The molecule has 1 aliphatic heterocycles. The highest BCUT2D eigenvalue weighted by molar-refractivity contribution is 6.01. The summed E-state index contributed by atoms with van der Waals surface area (Å²) in [6.45, 7) is 1.70. The zero-order valence-corrected chi connectivity index (χ0v) is 11.1. The Morgan fingerprint density at radius 1 is 1.35 bits per heavy atom. The van der Waals surface area contributed by atoms with Crippen LogP contribution in [0.15, 0.2) is 24.3 Å². The lowest BCUT2D eigenvalue weighted by atomic mass is 10.2. The van der Waals surface area contributed by atoms with Crippen molar-refractivity contribution >= 4 is 29.1 Å². The Morgan fingerprint density at radius 3 is 2.60 bits per heavy atom. The van der Waals surface area contributed by atoms with Crippen molar-refractivity contribution in [2.45, 2.75) is 13.0 Å². The first-order chi connectivity index (χ1) is 9.45. The van der Waals surface area contributed by atoms with Gasteiger partial charge in [-0.25, -0.2) is 0 Å². The minimum Gasteiger partial charge on any atom is -0.399 e. The molecule has 7 nitrogen and oxygen atoms in total. The van der Waals surface area contributed by atoms with Crippen LogP contribution in [-0.4, -0.2) is 41.8 Å². The van der Waals surface area contributed by atoms with Crippen molar-refractivity contribution in [2.75, 3.05) is 24.1 Å². The summed E-state index contributed by atoms with van der Waals surface area (Å²) in [5.41, 5.74) is 6.75. The number of carbonyl (C=O) groups excluding carboxylic acids is 3.